The molecule has 0 saturated carbocycles. The van der Waals surface area contributed by atoms with Crippen molar-refractivity contribution >= 4 is 11.8 Å². The van der Waals surface area contributed by atoms with E-state index in [2.05, 4.69) is 34.9 Å². The Hall–Kier alpha value is -0.670. The van der Waals surface area contributed by atoms with Crippen LogP contribution in [-0.2, 0) is 6.54 Å². The molecule has 3 heteroatoms. The van der Waals surface area contributed by atoms with Gasteiger partial charge in [-0.1, -0.05) is 18.2 Å². The number of hydrogen-bond donors (Lipinski definition) is 0. The van der Waals surface area contributed by atoms with E-state index in [-0.39, 0.29) is 0 Å². The van der Waals surface area contributed by atoms with Gasteiger partial charge in [0.25, 0.3) is 0 Å². The summed E-state index contributed by atoms with van der Waals surface area (Å²) in [6.45, 7) is 6.20. The highest BCUT2D eigenvalue weighted by Crippen LogP contribution is 2.21. The molecule has 0 unspecified atom stereocenters. The number of nitrogens with zero attached hydrogens (tertiary/aromatic N) is 1. The normalized spacial score (nSPS) is 17.3. The van der Waals surface area contributed by atoms with E-state index >= 15 is 0 Å². The first-order valence-electron chi connectivity index (χ1n) is 5.91. The molecule has 1 aromatic carbocycles. The number of benzene rings is 1. The molecule has 1 aliphatic rings. The van der Waals surface area contributed by atoms with Gasteiger partial charge in [-0.2, -0.15) is 11.8 Å². The molecule has 0 N–H and O–H groups in total. The van der Waals surface area contributed by atoms with Gasteiger partial charge in [-0.15, -0.1) is 0 Å². The van der Waals surface area contributed by atoms with Crippen LogP contribution in [0.1, 0.15) is 12.5 Å². The summed E-state index contributed by atoms with van der Waals surface area (Å²) < 4.78 is 5.65. The second-order valence-corrected chi connectivity index (χ2v) is 5.15. The van der Waals surface area contributed by atoms with Gasteiger partial charge in [0.05, 0.1) is 6.61 Å². The molecule has 0 atom stereocenters. The van der Waals surface area contributed by atoms with Crippen molar-refractivity contribution < 1.29 is 4.74 Å². The molecule has 1 heterocycles. The Morgan fingerprint density at radius 2 is 2.00 bits per heavy atom. The predicted octanol–water partition coefficient (Wildman–Crippen LogP) is 2.63. The first kappa shape index (κ1) is 11.8. The third-order valence-corrected chi connectivity index (χ3v) is 3.71. The molecule has 0 radical (unpaired) electrons. The van der Waals surface area contributed by atoms with Gasteiger partial charge < -0.3 is 4.74 Å². The highest BCUT2D eigenvalue weighted by Gasteiger charge is 2.12. The second-order valence-electron chi connectivity index (χ2n) is 3.93. The van der Waals surface area contributed by atoms with E-state index in [4.69, 9.17) is 4.74 Å². The van der Waals surface area contributed by atoms with E-state index in [1.165, 1.54) is 30.2 Å². The monoisotopic (exact) mass is 237 g/mol. The lowest BCUT2D eigenvalue weighted by atomic mass is 10.2. The van der Waals surface area contributed by atoms with Crippen LogP contribution in [0.25, 0.3) is 0 Å². The SMILES string of the molecule is CCOc1ccccc1CN1CCSCC1. The standard InChI is InChI=1S/C13H19NOS/c1-2-15-13-6-4-3-5-12(13)11-14-7-9-16-10-8-14/h3-6H,2,7-11H2,1H3. The summed E-state index contributed by atoms with van der Waals surface area (Å²) in [5.74, 6) is 3.57. The van der Waals surface area contributed by atoms with Gasteiger partial charge >= 0.3 is 0 Å². The molecule has 0 amide bonds. The fraction of sp³-hybridized carbons (Fsp3) is 0.538. The number of hydrogen-bond acceptors (Lipinski definition) is 3. The minimum atomic E-state index is 0.743. The van der Waals surface area contributed by atoms with Crippen molar-refractivity contribution in [3.63, 3.8) is 0 Å². The number of ether oxygens (including phenoxy) is 1. The molecule has 1 aliphatic heterocycles. The minimum Gasteiger partial charge on any atom is -0.494 e. The molecule has 2 nitrogen and oxygen atoms in total. The van der Waals surface area contributed by atoms with Crippen LogP contribution in [-0.4, -0.2) is 36.1 Å². The first-order valence-corrected chi connectivity index (χ1v) is 7.06. The zero-order valence-corrected chi connectivity index (χ0v) is 10.6. The Morgan fingerprint density at radius 1 is 1.25 bits per heavy atom. The average molecular weight is 237 g/mol. The highest BCUT2D eigenvalue weighted by atomic mass is 32.2. The molecule has 0 spiro atoms. The molecule has 1 aromatic rings. The zero-order valence-electron chi connectivity index (χ0n) is 9.82. The maximum atomic E-state index is 5.65. The second kappa shape index (κ2) is 6.16. The van der Waals surface area contributed by atoms with Gasteiger partial charge in [-0.25, -0.2) is 0 Å². The molecule has 0 aliphatic carbocycles. The van der Waals surface area contributed by atoms with Crippen LogP contribution in [0.5, 0.6) is 5.75 Å². The van der Waals surface area contributed by atoms with Gasteiger partial charge in [0.1, 0.15) is 5.75 Å². The van der Waals surface area contributed by atoms with Crippen LogP contribution in [0.15, 0.2) is 24.3 Å². The average Bonchev–Trinajstić information content (AvgIpc) is 2.33. The van der Waals surface area contributed by atoms with Crippen molar-refractivity contribution in [3.05, 3.63) is 29.8 Å². The van der Waals surface area contributed by atoms with E-state index < -0.39 is 0 Å². The fourth-order valence-electron chi connectivity index (χ4n) is 1.93. The molecule has 1 saturated heterocycles. The predicted molar refractivity (Wildman–Crippen MR) is 70.2 cm³/mol. The summed E-state index contributed by atoms with van der Waals surface area (Å²) in [5, 5.41) is 0. The van der Waals surface area contributed by atoms with Crippen molar-refractivity contribution in [2.24, 2.45) is 0 Å². The van der Waals surface area contributed by atoms with Crippen LogP contribution < -0.4 is 4.74 Å². The summed E-state index contributed by atoms with van der Waals surface area (Å²) in [7, 11) is 0. The van der Waals surface area contributed by atoms with Gasteiger partial charge in [-0.05, 0) is 13.0 Å². The van der Waals surface area contributed by atoms with Crippen molar-refractivity contribution in [1.82, 2.24) is 4.90 Å². The van der Waals surface area contributed by atoms with E-state index in [1.54, 1.807) is 0 Å². The number of para-hydroxylation sites is 1. The van der Waals surface area contributed by atoms with Gasteiger partial charge in [-0.3, -0.25) is 4.90 Å². The van der Waals surface area contributed by atoms with Crippen LogP contribution in [0.4, 0.5) is 0 Å². The topological polar surface area (TPSA) is 12.5 Å². The van der Waals surface area contributed by atoms with E-state index in [0.717, 1.165) is 18.9 Å². The van der Waals surface area contributed by atoms with Crippen molar-refractivity contribution in [1.29, 1.82) is 0 Å². The van der Waals surface area contributed by atoms with Crippen molar-refractivity contribution in [2.45, 2.75) is 13.5 Å². The smallest absolute Gasteiger partial charge is 0.123 e. The summed E-state index contributed by atoms with van der Waals surface area (Å²) in [5.41, 5.74) is 1.32. The fourth-order valence-corrected chi connectivity index (χ4v) is 2.91. The maximum absolute atomic E-state index is 5.65. The third-order valence-electron chi connectivity index (χ3n) is 2.77. The lowest BCUT2D eigenvalue weighted by molar-refractivity contribution is 0.281. The van der Waals surface area contributed by atoms with Gasteiger partial charge in [0.2, 0.25) is 0 Å². The minimum absolute atomic E-state index is 0.743. The van der Waals surface area contributed by atoms with Crippen molar-refractivity contribution in [3.8, 4) is 5.75 Å². The molecule has 0 bridgehead atoms. The number of thioether (sulfide) groups is 1. The largest absolute Gasteiger partial charge is 0.494 e. The molecule has 88 valence electrons. The number of rotatable bonds is 4. The van der Waals surface area contributed by atoms with E-state index in [1.807, 2.05) is 13.0 Å². The van der Waals surface area contributed by atoms with E-state index in [0.29, 0.717) is 0 Å². The van der Waals surface area contributed by atoms with Crippen LogP contribution >= 0.6 is 11.8 Å². The third kappa shape index (κ3) is 3.16. The summed E-state index contributed by atoms with van der Waals surface area (Å²) in [4.78, 5) is 2.51. The highest BCUT2D eigenvalue weighted by molar-refractivity contribution is 7.99. The zero-order chi connectivity index (χ0) is 11.2. The van der Waals surface area contributed by atoms with E-state index in [9.17, 15) is 0 Å². The van der Waals surface area contributed by atoms with Crippen molar-refractivity contribution in [2.75, 3.05) is 31.2 Å². The lowest BCUT2D eigenvalue weighted by Crippen LogP contribution is -2.32. The Morgan fingerprint density at radius 3 is 2.75 bits per heavy atom. The summed E-state index contributed by atoms with van der Waals surface area (Å²) in [6.07, 6.45) is 0. The molecular formula is C13H19NOS. The van der Waals surface area contributed by atoms with Gasteiger partial charge in [0.15, 0.2) is 0 Å². The Labute approximate surface area is 102 Å². The molecular weight excluding hydrogens is 218 g/mol. The molecule has 1 fully saturated rings. The molecule has 0 aromatic heterocycles. The van der Waals surface area contributed by atoms with Gasteiger partial charge in [0, 0.05) is 36.7 Å². The molecule has 16 heavy (non-hydrogen) atoms. The Balaban J connectivity index is 2.01. The maximum Gasteiger partial charge on any atom is 0.123 e. The van der Waals surface area contributed by atoms with Crippen LogP contribution in [0.2, 0.25) is 0 Å². The summed E-state index contributed by atoms with van der Waals surface area (Å²) in [6, 6.07) is 8.38. The first-order chi connectivity index (χ1) is 7.90. The Kier molecular flexibility index (Phi) is 4.55. The molecule has 2 rings (SSSR count). The lowest BCUT2D eigenvalue weighted by Gasteiger charge is -2.26. The quantitative estimate of drug-likeness (QED) is 0.799. The summed E-state index contributed by atoms with van der Waals surface area (Å²) >= 11 is 2.05. The Bertz CT molecular complexity index is 323. The van der Waals surface area contributed by atoms with Crippen LogP contribution in [0.3, 0.4) is 0 Å². The van der Waals surface area contributed by atoms with Crippen LogP contribution in [0, 0.1) is 0 Å².